The van der Waals surface area contributed by atoms with Crippen LogP contribution in [0, 0.1) is 0 Å². The summed E-state index contributed by atoms with van der Waals surface area (Å²) in [4.78, 5) is 26.9. The molecule has 0 saturated carbocycles. The molecule has 0 spiro atoms. The van der Waals surface area contributed by atoms with E-state index in [9.17, 15) is 9.59 Å². The highest BCUT2D eigenvalue weighted by Gasteiger charge is 2.30. The molecule has 2 amide bonds. The number of hydrogen-bond donors (Lipinski definition) is 0. The number of nitrogens with zero attached hydrogens (tertiary/aromatic N) is 2. The molecule has 1 aromatic carbocycles. The van der Waals surface area contributed by atoms with Gasteiger partial charge in [0.2, 0.25) is 11.8 Å². The second-order valence-corrected chi connectivity index (χ2v) is 4.83. The van der Waals surface area contributed by atoms with Crippen molar-refractivity contribution >= 4 is 23.2 Å². The molecule has 0 aliphatic carbocycles. The molecule has 0 radical (unpaired) electrons. The first-order valence-corrected chi connectivity index (χ1v) is 6.46. The van der Waals surface area contributed by atoms with Gasteiger partial charge in [0.05, 0.1) is 5.69 Å². The van der Waals surface area contributed by atoms with Gasteiger partial charge in [0.25, 0.3) is 0 Å². The first kappa shape index (κ1) is 11.3. The van der Waals surface area contributed by atoms with Gasteiger partial charge in [-0.05, 0) is 37.1 Å². The topological polar surface area (TPSA) is 40.6 Å². The van der Waals surface area contributed by atoms with Gasteiger partial charge in [0, 0.05) is 31.6 Å². The quantitative estimate of drug-likeness (QED) is 0.746. The van der Waals surface area contributed by atoms with Crippen LogP contribution < -0.4 is 9.80 Å². The summed E-state index contributed by atoms with van der Waals surface area (Å²) in [6.45, 7) is 2.20. The van der Waals surface area contributed by atoms with Crippen LogP contribution in [0.3, 0.4) is 0 Å². The summed E-state index contributed by atoms with van der Waals surface area (Å²) in [5, 5.41) is 0. The standard InChI is InChI=1S/C14H16N2O2/c17-13-7-8-14(18)16(13)12-5-3-11(4-6-12)15-9-1-2-10-15/h3-6H,1-2,7-10H2. The molecule has 4 nitrogen and oxygen atoms in total. The van der Waals surface area contributed by atoms with Crippen LogP contribution in [-0.2, 0) is 9.59 Å². The lowest BCUT2D eigenvalue weighted by Gasteiger charge is -2.19. The van der Waals surface area contributed by atoms with Crippen molar-refractivity contribution in [2.75, 3.05) is 22.9 Å². The van der Waals surface area contributed by atoms with E-state index >= 15 is 0 Å². The van der Waals surface area contributed by atoms with Gasteiger partial charge < -0.3 is 4.90 Å². The van der Waals surface area contributed by atoms with Crippen LogP contribution in [0.5, 0.6) is 0 Å². The van der Waals surface area contributed by atoms with E-state index in [4.69, 9.17) is 0 Å². The minimum atomic E-state index is -0.0890. The highest BCUT2D eigenvalue weighted by atomic mass is 16.2. The Kier molecular flexibility index (Phi) is 2.78. The molecule has 2 heterocycles. The molecule has 0 atom stereocenters. The lowest BCUT2D eigenvalue weighted by molar-refractivity contribution is -0.121. The van der Waals surface area contributed by atoms with Gasteiger partial charge in [-0.25, -0.2) is 0 Å². The number of rotatable bonds is 2. The Hall–Kier alpha value is -1.84. The van der Waals surface area contributed by atoms with E-state index in [2.05, 4.69) is 4.90 Å². The zero-order valence-corrected chi connectivity index (χ0v) is 10.3. The van der Waals surface area contributed by atoms with Crippen LogP contribution in [0.1, 0.15) is 25.7 Å². The molecule has 18 heavy (non-hydrogen) atoms. The Labute approximate surface area is 106 Å². The summed E-state index contributed by atoms with van der Waals surface area (Å²) in [5.74, 6) is -0.178. The van der Waals surface area contributed by atoms with E-state index in [1.165, 1.54) is 23.4 Å². The van der Waals surface area contributed by atoms with Crippen LogP contribution >= 0.6 is 0 Å². The average molecular weight is 244 g/mol. The van der Waals surface area contributed by atoms with Gasteiger partial charge >= 0.3 is 0 Å². The van der Waals surface area contributed by atoms with E-state index in [1.807, 2.05) is 24.3 Å². The molecule has 0 aromatic heterocycles. The minimum Gasteiger partial charge on any atom is -0.372 e. The molecular weight excluding hydrogens is 228 g/mol. The van der Waals surface area contributed by atoms with Crippen molar-refractivity contribution in [3.63, 3.8) is 0 Å². The SMILES string of the molecule is O=C1CCC(=O)N1c1ccc(N2CCCC2)cc1. The third-order valence-corrected chi connectivity index (χ3v) is 3.63. The number of anilines is 2. The number of hydrogen-bond acceptors (Lipinski definition) is 3. The highest BCUT2D eigenvalue weighted by molar-refractivity contribution is 6.19. The first-order chi connectivity index (χ1) is 8.75. The Morgan fingerprint density at radius 3 is 1.83 bits per heavy atom. The molecule has 2 aliphatic rings. The van der Waals surface area contributed by atoms with E-state index in [0.717, 1.165) is 13.1 Å². The minimum absolute atomic E-state index is 0.0890. The predicted molar refractivity (Wildman–Crippen MR) is 69.6 cm³/mol. The van der Waals surface area contributed by atoms with Gasteiger partial charge in [0.15, 0.2) is 0 Å². The predicted octanol–water partition coefficient (Wildman–Crippen LogP) is 1.94. The fourth-order valence-electron chi connectivity index (χ4n) is 2.65. The van der Waals surface area contributed by atoms with Crippen molar-refractivity contribution in [1.29, 1.82) is 0 Å². The van der Waals surface area contributed by atoms with E-state index < -0.39 is 0 Å². The van der Waals surface area contributed by atoms with Gasteiger partial charge in [-0.2, -0.15) is 0 Å². The Balaban J connectivity index is 1.82. The van der Waals surface area contributed by atoms with Crippen LogP contribution in [0.4, 0.5) is 11.4 Å². The maximum absolute atomic E-state index is 11.6. The number of imide groups is 1. The van der Waals surface area contributed by atoms with Crippen molar-refractivity contribution in [3.05, 3.63) is 24.3 Å². The Morgan fingerprint density at radius 1 is 0.778 bits per heavy atom. The summed E-state index contributed by atoms with van der Waals surface area (Å²) in [7, 11) is 0. The number of carbonyl (C=O) groups excluding carboxylic acids is 2. The van der Waals surface area contributed by atoms with Crippen LogP contribution in [0.25, 0.3) is 0 Å². The zero-order valence-electron chi connectivity index (χ0n) is 10.3. The second-order valence-electron chi connectivity index (χ2n) is 4.83. The van der Waals surface area contributed by atoms with Gasteiger partial charge in [0.1, 0.15) is 0 Å². The fourth-order valence-corrected chi connectivity index (χ4v) is 2.65. The molecular formula is C14H16N2O2. The van der Waals surface area contributed by atoms with Crippen molar-refractivity contribution in [2.24, 2.45) is 0 Å². The molecule has 0 bridgehead atoms. The highest BCUT2D eigenvalue weighted by Crippen LogP contribution is 2.26. The Bertz CT molecular complexity index is 459. The monoisotopic (exact) mass is 244 g/mol. The summed E-state index contributed by atoms with van der Waals surface area (Å²) >= 11 is 0. The van der Waals surface area contributed by atoms with Crippen molar-refractivity contribution < 1.29 is 9.59 Å². The molecule has 0 unspecified atom stereocenters. The molecule has 4 heteroatoms. The van der Waals surface area contributed by atoms with Gasteiger partial charge in [-0.1, -0.05) is 0 Å². The summed E-state index contributed by atoms with van der Waals surface area (Å²) in [6.07, 6.45) is 3.16. The molecule has 2 aliphatic heterocycles. The largest absolute Gasteiger partial charge is 0.372 e. The maximum Gasteiger partial charge on any atom is 0.234 e. The van der Waals surface area contributed by atoms with E-state index in [-0.39, 0.29) is 11.8 Å². The third kappa shape index (κ3) is 1.88. The fraction of sp³-hybridized carbons (Fsp3) is 0.429. The number of amides is 2. The molecule has 3 rings (SSSR count). The van der Waals surface area contributed by atoms with Gasteiger partial charge in [-0.15, -0.1) is 0 Å². The first-order valence-electron chi connectivity index (χ1n) is 6.46. The average Bonchev–Trinajstić information content (AvgIpc) is 3.01. The van der Waals surface area contributed by atoms with Crippen LogP contribution in [0.15, 0.2) is 24.3 Å². The lowest BCUT2D eigenvalue weighted by atomic mass is 10.2. The van der Waals surface area contributed by atoms with Crippen LogP contribution in [0.2, 0.25) is 0 Å². The maximum atomic E-state index is 11.6. The summed E-state index contributed by atoms with van der Waals surface area (Å²) < 4.78 is 0. The van der Waals surface area contributed by atoms with Crippen molar-refractivity contribution in [1.82, 2.24) is 0 Å². The summed E-state index contributed by atoms with van der Waals surface area (Å²) in [6, 6.07) is 7.74. The second kappa shape index (κ2) is 4.44. The molecule has 1 aromatic rings. The van der Waals surface area contributed by atoms with E-state index in [0.29, 0.717) is 18.5 Å². The third-order valence-electron chi connectivity index (χ3n) is 3.63. The zero-order chi connectivity index (χ0) is 12.5. The Morgan fingerprint density at radius 2 is 1.28 bits per heavy atom. The van der Waals surface area contributed by atoms with Crippen LogP contribution in [-0.4, -0.2) is 24.9 Å². The molecule has 2 fully saturated rings. The lowest BCUT2D eigenvalue weighted by Crippen LogP contribution is -2.28. The molecule has 94 valence electrons. The summed E-state index contributed by atoms with van der Waals surface area (Å²) in [5.41, 5.74) is 1.88. The molecule has 0 N–H and O–H groups in total. The van der Waals surface area contributed by atoms with E-state index in [1.54, 1.807) is 0 Å². The van der Waals surface area contributed by atoms with Crippen molar-refractivity contribution in [2.45, 2.75) is 25.7 Å². The smallest absolute Gasteiger partial charge is 0.234 e. The number of carbonyl (C=O) groups is 2. The number of benzene rings is 1. The van der Waals surface area contributed by atoms with Gasteiger partial charge in [-0.3, -0.25) is 14.5 Å². The normalized spacial score (nSPS) is 20.0. The molecule has 2 saturated heterocycles. The van der Waals surface area contributed by atoms with Crippen molar-refractivity contribution in [3.8, 4) is 0 Å².